The molecule has 1 rings (SSSR count). The van der Waals surface area contributed by atoms with Crippen LogP contribution in [0, 0.1) is 6.92 Å². The summed E-state index contributed by atoms with van der Waals surface area (Å²) in [6.07, 6.45) is 0. The Morgan fingerprint density at radius 2 is 2.00 bits per heavy atom. The van der Waals surface area contributed by atoms with E-state index in [1.807, 2.05) is 13.0 Å². The average molecular weight is 231 g/mol. The van der Waals surface area contributed by atoms with E-state index in [0.29, 0.717) is 5.56 Å². The zero-order valence-corrected chi connectivity index (χ0v) is 9.13. The monoisotopic (exact) mass is 231 g/mol. The second-order valence-electron chi connectivity index (χ2n) is 3.44. The van der Waals surface area contributed by atoms with Gasteiger partial charge in [0.2, 0.25) is 0 Å². The molecule has 2 unspecified atom stereocenters. The maximum absolute atomic E-state index is 10.8. The van der Waals surface area contributed by atoms with E-state index in [9.17, 15) is 9.67 Å². The van der Waals surface area contributed by atoms with Crippen LogP contribution in [0.15, 0.2) is 24.3 Å². The lowest BCUT2D eigenvalue weighted by atomic mass is 10.1. The van der Waals surface area contributed by atoms with Crippen LogP contribution >= 0.6 is 7.60 Å². The molecule has 6 heteroatoms. The lowest BCUT2D eigenvalue weighted by Crippen LogP contribution is -2.26. The Balaban J connectivity index is 2.95. The number of benzene rings is 1. The lowest BCUT2D eigenvalue weighted by Gasteiger charge is -2.20. The Bertz CT molecular complexity index is 389. The van der Waals surface area contributed by atoms with Crippen LogP contribution in [0.4, 0.5) is 0 Å². The highest BCUT2D eigenvalue weighted by molar-refractivity contribution is 7.52. The number of nitrogens with two attached hydrogens (primary N) is 1. The maximum atomic E-state index is 10.8. The zero-order valence-electron chi connectivity index (χ0n) is 8.24. The minimum absolute atomic E-state index is 0.505. The molecule has 1 aromatic carbocycles. The van der Waals surface area contributed by atoms with E-state index in [0.717, 1.165) is 5.56 Å². The van der Waals surface area contributed by atoms with Crippen LogP contribution in [0.5, 0.6) is 0 Å². The van der Waals surface area contributed by atoms with Crippen molar-refractivity contribution in [1.82, 2.24) is 0 Å². The van der Waals surface area contributed by atoms with E-state index in [1.54, 1.807) is 18.2 Å². The van der Waals surface area contributed by atoms with E-state index in [4.69, 9.17) is 15.5 Å². The molecule has 0 spiro atoms. The standard InChI is InChI=1S/C9H14NO4P/c1-6-3-2-4-7(5-6)8(10)9(11)15(12,13)14/h2-5,8-9,11H,10H2,1H3,(H2,12,13,14). The average Bonchev–Trinajstić information content (AvgIpc) is 2.14. The van der Waals surface area contributed by atoms with E-state index < -0.39 is 19.5 Å². The SMILES string of the molecule is Cc1cccc(C(N)C(O)P(=O)(O)O)c1. The van der Waals surface area contributed by atoms with Gasteiger partial charge in [0.15, 0.2) is 5.85 Å². The van der Waals surface area contributed by atoms with Gasteiger partial charge in [0.05, 0.1) is 6.04 Å². The molecule has 0 radical (unpaired) electrons. The van der Waals surface area contributed by atoms with Crippen molar-refractivity contribution in [2.75, 3.05) is 0 Å². The van der Waals surface area contributed by atoms with Crippen molar-refractivity contribution in [2.24, 2.45) is 5.73 Å². The Labute approximate surface area is 87.7 Å². The highest BCUT2D eigenvalue weighted by Crippen LogP contribution is 2.44. The molecule has 15 heavy (non-hydrogen) atoms. The number of rotatable bonds is 3. The molecule has 0 aliphatic rings. The number of aliphatic hydroxyl groups is 1. The first-order valence-corrected chi connectivity index (χ1v) is 6.06. The summed E-state index contributed by atoms with van der Waals surface area (Å²) < 4.78 is 10.8. The molecule has 2 atom stereocenters. The van der Waals surface area contributed by atoms with Gasteiger partial charge in [-0.05, 0) is 12.5 Å². The summed E-state index contributed by atoms with van der Waals surface area (Å²) in [5.41, 5.74) is 6.97. The van der Waals surface area contributed by atoms with Gasteiger partial charge in [0, 0.05) is 0 Å². The van der Waals surface area contributed by atoms with Crippen molar-refractivity contribution in [1.29, 1.82) is 0 Å². The van der Waals surface area contributed by atoms with Gasteiger partial charge in [0.1, 0.15) is 0 Å². The number of aliphatic hydroxyl groups excluding tert-OH is 1. The fourth-order valence-electron chi connectivity index (χ4n) is 1.26. The van der Waals surface area contributed by atoms with Crippen LogP contribution in [-0.4, -0.2) is 20.7 Å². The number of aryl methyl sites for hydroxylation is 1. The van der Waals surface area contributed by atoms with Crippen molar-refractivity contribution >= 4 is 7.60 Å². The molecule has 0 saturated carbocycles. The summed E-state index contributed by atoms with van der Waals surface area (Å²) in [5.74, 6) is -1.86. The van der Waals surface area contributed by atoms with Gasteiger partial charge in [0.25, 0.3) is 0 Å². The molecular weight excluding hydrogens is 217 g/mol. The largest absolute Gasteiger partial charge is 0.379 e. The summed E-state index contributed by atoms with van der Waals surface area (Å²) >= 11 is 0. The van der Waals surface area contributed by atoms with E-state index in [2.05, 4.69) is 0 Å². The van der Waals surface area contributed by atoms with Crippen molar-refractivity contribution in [3.63, 3.8) is 0 Å². The summed E-state index contributed by atoms with van der Waals surface area (Å²) in [5, 5.41) is 9.31. The van der Waals surface area contributed by atoms with Gasteiger partial charge in [-0.3, -0.25) is 4.57 Å². The van der Waals surface area contributed by atoms with Gasteiger partial charge in [-0.2, -0.15) is 0 Å². The second kappa shape index (κ2) is 4.43. The topological polar surface area (TPSA) is 104 Å². The molecule has 0 amide bonds. The van der Waals surface area contributed by atoms with Crippen LogP contribution in [0.1, 0.15) is 17.2 Å². The molecule has 0 fully saturated rings. The highest BCUT2D eigenvalue weighted by atomic mass is 31.2. The van der Waals surface area contributed by atoms with Crippen LogP contribution < -0.4 is 5.73 Å². The van der Waals surface area contributed by atoms with Crippen molar-refractivity contribution in [3.8, 4) is 0 Å². The minimum Gasteiger partial charge on any atom is -0.379 e. The zero-order chi connectivity index (χ0) is 11.6. The molecule has 0 saturated heterocycles. The molecule has 1 aromatic rings. The number of hydrogen-bond acceptors (Lipinski definition) is 3. The van der Waals surface area contributed by atoms with Gasteiger partial charge in [-0.15, -0.1) is 0 Å². The third-order valence-electron chi connectivity index (χ3n) is 2.09. The summed E-state index contributed by atoms with van der Waals surface area (Å²) in [4.78, 5) is 17.5. The quantitative estimate of drug-likeness (QED) is 0.567. The molecule has 5 nitrogen and oxygen atoms in total. The van der Waals surface area contributed by atoms with E-state index in [-0.39, 0.29) is 0 Å². The number of hydrogen-bond donors (Lipinski definition) is 4. The second-order valence-corrected chi connectivity index (χ2v) is 5.15. The normalized spacial score (nSPS) is 16.1. The van der Waals surface area contributed by atoms with Gasteiger partial charge < -0.3 is 20.6 Å². The van der Waals surface area contributed by atoms with Gasteiger partial charge in [-0.25, -0.2) is 0 Å². The fourth-order valence-corrected chi connectivity index (χ4v) is 1.85. The smallest absolute Gasteiger partial charge is 0.355 e. The third-order valence-corrected chi connectivity index (χ3v) is 3.10. The molecule has 0 aromatic heterocycles. The molecule has 5 N–H and O–H groups in total. The third kappa shape index (κ3) is 3.12. The fraction of sp³-hybridized carbons (Fsp3) is 0.333. The molecule has 0 bridgehead atoms. The molecule has 0 heterocycles. The molecule has 0 aliphatic heterocycles. The first-order valence-electron chi connectivity index (χ1n) is 4.38. The van der Waals surface area contributed by atoms with Crippen LogP contribution in [-0.2, 0) is 4.57 Å². The molecule has 84 valence electrons. The van der Waals surface area contributed by atoms with Crippen molar-refractivity contribution in [2.45, 2.75) is 18.8 Å². The first kappa shape index (κ1) is 12.4. The van der Waals surface area contributed by atoms with Crippen LogP contribution in [0.25, 0.3) is 0 Å². The predicted octanol–water partition coefficient (Wildman–Crippen LogP) is 0.491. The van der Waals surface area contributed by atoms with Gasteiger partial charge >= 0.3 is 7.60 Å². The Morgan fingerprint density at radius 1 is 1.40 bits per heavy atom. The van der Waals surface area contributed by atoms with E-state index in [1.165, 1.54) is 0 Å². The van der Waals surface area contributed by atoms with Crippen molar-refractivity contribution in [3.05, 3.63) is 35.4 Å². The van der Waals surface area contributed by atoms with Crippen LogP contribution in [0.2, 0.25) is 0 Å². The lowest BCUT2D eigenvalue weighted by molar-refractivity contribution is 0.177. The Kier molecular flexibility index (Phi) is 3.65. The first-order chi connectivity index (χ1) is 6.82. The minimum atomic E-state index is -4.56. The van der Waals surface area contributed by atoms with Gasteiger partial charge in [-0.1, -0.05) is 29.8 Å². The molecule has 0 aliphatic carbocycles. The maximum Gasteiger partial charge on any atom is 0.355 e. The summed E-state index contributed by atoms with van der Waals surface area (Å²) in [7, 11) is -4.56. The Hall–Kier alpha value is -0.710. The Morgan fingerprint density at radius 3 is 2.47 bits per heavy atom. The van der Waals surface area contributed by atoms with Crippen LogP contribution in [0.3, 0.4) is 0 Å². The highest BCUT2D eigenvalue weighted by Gasteiger charge is 2.32. The van der Waals surface area contributed by atoms with E-state index >= 15 is 0 Å². The van der Waals surface area contributed by atoms with Crippen molar-refractivity contribution < 1.29 is 19.5 Å². The summed E-state index contributed by atoms with van der Waals surface area (Å²) in [6.45, 7) is 1.83. The molecular formula is C9H14NO4P. The summed E-state index contributed by atoms with van der Waals surface area (Å²) in [6, 6.07) is 5.78. The predicted molar refractivity (Wildman–Crippen MR) is 56.2 cm³/mol.